The highest BCUT2D eigenvalue weighted by Gasteiger charge is 2.37. The van der Waals surface area contributed by atoms with Crippen LogP contribution in [0.4, 0.5) is 0 Å². The van der Waals surface area contributed by atoms with E-state index in [4.69, 9.17) is 30.6 Å². The molecule has 0 radical (unpaired) electrons. The molecule has 1 aliphatic rings. The SMILES string of the molecule is COc1ncnc(OC)c1-n1c(CONS(=O)(=O)[C@@H](C)Cc2ncc(Cl)cn2)nnc1[C@@H]1CCC(C)(C)O1. The van der Waals surface area contributed by atoms with Crippen LogP contribution >= 0.6 is 11.6 Å². The fourth-order valence-electron chi connectivity index (χ4n) is 3.95. The second-order valence-electron chi connectivity index (χ2n) is 9.20. The Morgan fingerprint density at radius 2 is 1.82 bits per heavy atom. The van der Waals surface area contributed by atoms with Crippen molar-refractivity contribution in [3.63, 3.8) is 0 Å². The molecule has 0 spiro atoms. The molecule has 2 atom stereocenters. The van der Waals surface area contributed by atoms with Gasteiger partial charge in [-0.25, -0.2) is 18.4 Å². The lowest BCUT2D eigenvalue weighted by Crippen LogP contribution is -2.34. The van der Waals surface area contributed by atoms with Gasteiger partial charge in [-0.05, 0) is 33.6 Å². The summed E-state index contributed by atoms with van der Waals surface area (Å²) in [5.74, 6) is 1.44. The van der Waals surface area contributed by atoms with Gasteiger partial charge in [0.05, 0.1) is 30.1 Å². The molecule has 0 amide bonds. The van der Waals surface area contributed by atoms with Crippen molar-refractivity contribution in [1.82, 2.24) is 39.6 Å². The summed E-state index contributed by atoms with van der Waals surface area (Å²) < 4.78 is 44.3. The van der Waals surface area contributed by atoms with E-state index in [2.05, 4.69) is 35.0 Å². The summed E-state index contributed by atoms with van der Waals surface area (Å²) in [5.41, 5.74) is -0.0144. The Balaban J connectivity index is 1.58. The molecule has 1 N–H and O–H groups in total. The van der Waals surface area contributed by atoms with Crippen LogP contribution in [0.3, 0.4) is 0 Å². The number of hydrogen-bond donors (Lipinski definition) is 1. The molecule has 4 rings (SSSR count). The van der Waals surface area contributed by atoms with Gasteiger partial charge in [0.25, 0.3) is 0 Å². The smallest absolute Gasteiger partial charge is 0.245 e. The second-order valence-corrected chi connectivity index (χ2v) is 11.7. The predicted octanol–water partition coefficient (Wildman–Crippen LogP) is 2.13. The summed E-state index contributed by atoms with van der Waals surface area (Å²) in [5, 5.41) is 8.06. The first kappa shape index (κ1) is 28.0. The van der Waals surface area contributed by atoms with Gasteiger partial charge < -0.3 is 14.2 Å². The minimum atomic E-state index is -3.91. The monoisotopic (exact) mass is 568 g/mol. The number of methoxy groups -OCH3 is 2. The molecule has 1 aliphatic heterocycles. The zero-order chi connectivity index (χ0) is 27.5. The molecule has 0 aliphatic carbocycles. The molecule has 0 saturated carbocycles. The van der Waals surface area contributed by atoms with Crippen LogP contribution in [0.25, 0.3) is 5.69 Å². The zero-order valence-electron chi connectivity index (χ0n) is 21.6. The van der Waals surface area contributed by atoms with Crippen molar-refractivity contribution in [3.8, 4) is 17.4 Å². The summed E-state index contributed by atoms with van der Waals surface area (Å²) in [6, 6.07) is 0. The third-order valence-electron chi connectivity index (χ3n) is 5.93. The number of nitrogens with one attached hydrogen (secondary N) is 1. The zero-order valence-corrected chi connectivity index (χ0v) is 23.2. The van der Waals surface area contributed by atoms with E-state index in [0.717, 1.165) is 6.42 Å². The molecule has 1 saturated heterocycles. The highest BCUT2D eigenvalue weighted by atomic mass is 35.5. The maximum atomic E-state index is 12.8. The fourth-order valence-corrected chi connectivity index (χ4v) is 4.80. The van der Waals surface area contributed by atoms with E-state index in [1.54, 1.807) is 4.57 Å². The molecule has 0 unspecified atom stereocenters. The quantitative estimate of drug-likeness (QED) is 0.335. The molecule has 14 nitrogen and oxygen atoms in total. The maximum Gasteiger partial charge on any atom is 0.245 e. The highest BCUT2D eigenvalue weighted by molar-refractivity contribution is 7.89. The Morgan fingerprint density at radius 1 is 1.16 bits per heavy atom. The maximum absolute atomic E-state index is 12.8. The Morgan fingerprint density at radius 3 is 2.39 bits per heavy atom. The summed E-state index contributed by atoms with van der Waals surface area (Å²) in [6.45, 7) is 5.22. The number of rotatable bonds is 11. The summed E-state index contributed by atoms with van der Waals surface area (Å²) >= 11 is 5.80. The average Bonchev–Trinajstić information content (AvgIpc) is 3.46. The topological polar surface area (TPSA) is 165 Å². The predicted molar refractivity (Wildman–Crippen MR) is 134 cm³/mol. The van der Waals surface area contributed by atoms with Crippen LogP contribution in [0.5, 0.6) is 11.8 Å². The van der Waals surface area contributed by atoms with E-state index in [1.165, 1.54) is 39.9 Å². The van der Waals surface area contributed by atoms with Gasteiger partial charge in [-0.15, -0.1) is 10.2 Å². The summed E-state index contributed by atoms with van der Waals surface area (Å²) in [4.78, 5) is 24.0. The minimum Gasteiger partial charge on any atom is -0.479 e. The van der Waals surface area contributed by atoms with Gasteiger partial charge in [-0.1, -0.05) is 16.5 Å². The second kappa shape index (κ2) is 11.4. The Hall–Kier alpha value is -2.98. The van der Waals surface area contributed by atoms with E-state index < -0.39 is 21.4 Å². The van der Waals surface area contributed by atoms with Crippen molar-refractivity contribution in [2.45, 2.75) is 63.6 Å². The van der Waals surface area contributed by atoms with Crippen LogP contribution in [-0.4, -0.2) is 68.2 Å². The van der Waals surface area contributed by atoms with Gasteiger partial charge in [0.15, 0.2) is 17.3 Å². The molecule has 16 heteroatoms. The molecule has 3 aromatic heterocycles. The first-order valence-corrected chi connectivity index (χ1v) is 13.6. The number of nitrogens with zero attached hydrogens (tertiary/aromatic N) is 7. The first-order chi connectivity index (χ1) is 18.0. The van der Waals surface area contributed by atoms with Gasteiger partial charge in [-0.2, -0.15) is 9.97 Å². The molecular formula is C22H29ClN8O6S. The molecule has 0 bridgehead atoms. The first-order valence-electron chi connectivity index (χ1n) is 11.7. The van der Waals surface area contributed by atoms with Gasteiger partial charge in [-0.3, -0.25) is 9.40 Å². The fraction of sp³-hybridized carbons (Fsp3) is 0.545. The summed E-state index contributed by atoms with van der Waals surface area (Å²) in [7, 11) is -0.990. The van der Waals surface area contributed by atoms with Crippen LogP contribution in [0.1, 0.15) is 57.2 Å². The molecular weight excluding hydrogens is 540 g/mol. The third-order valence-corrected chi connectivity index (χ3v) is 7.70. The number of aromatic nitrogens is 7. The van der Waals surface area contributed by atoms with Crippen LogP contribution in [0, 0.1) is 0 Å². The van der Waals surface area contributed by atoms with Gasteiger partial charge in [0.2, 0.25) is 21.8 Å². The lowest BCUT2D eigenvalue weighted by molar-refractivity contribution is -0.0209. The van der Waals surface area contributed by atoms with E-state index in [9.17, 15) is 8.42 Å². The molecule has 206 valence electrons. The lowest BCUT2D eigenvalue weighted by Gasteiger charge is -2.20. The van der Waals surface area contributed by atoms with Gasteiger partial charge in [0.1, 0.15) is 24.9 Å². The van der Waals surface area contributed by atoms with Crippen LogP contribution in [0.15, 0.2) is 18.7 Å². The molecule has 4 heterocycles. The van der Waals surface area contributed by atoms with E-state index >= 15 is 0 Å². The van der Waals surface area contributed by atoms with Crippen molar-refractivity contribution < 1.29 is 27.5 Å². The van der Waals surface area contributed by atoms with E-state index in [0.29, 0.717) is 28.8 Å². The molecule has 0 aromatic carbocycles. The molecule has 1 fully saturated rings. The summed E-state index contributed by atoms with van der Waals surface area (Å²) in [6.07, 6.45) is 5.28. The lowest BCUT2D eigenvalue weighted by atomic mass is 10.1. The van der Waals surface area contributed by atoms with Crippen molar-refractivity contribution in [2.75, 3.05) is 14.2 Å². The van der Waals surface area contributed by atoms with Crippen LogP contribution in [-0.2, 0) is 32.6 Å². The Labute approximate surface area is 225 Å². The standard InChI is InChI=1S/C22H29ClN8O6S/c1-13(8-16-24-9-14(23)10-25-16)38(32,33)30-36-11-17-28-29-19(15-6-7-22(2,3)37-15)31(17)18-20(34-4)26-12-27-21(18)35-5/h9-10,12-13,15,30H,6-8,11H2,1-5H3/t13-,15-/m0/s1. The van der Waals surface area contributed by atoms with E-state index in [1.807, 2.05) is 13.8 Å². The third kappa shape index (κ3) is 6.18. The van der Waals surface area contributed by atoms with Crippen molar-refractivity contribution in [1.29, 1.82) is 0 Å². The Kier molecular flexibility index (Phi) is 8.42. The minimum absolute atomic E-state index is 0.0563. The number of ether oxygens (including phenoxy) is 3. The van der Waals surface area contributed by atoms with Crippen molar-refractivity contribution in [2.24, 2.45) is 0 Å². The molecule has 38 heavy (non-hydrogen) atoms. The van der Waals surface area contributed by atoms with Gasteiger partial charge in [0, 0.05) is 18.8 Å². The number of sulfonamides is 1. The largest absolute Gasteiger partial charge is 0.479 e. The number of hydrogen-bond acceptors (Lipinski definition) is 12. The van der Waals surface area contributed by atoms with Crippen molar-refractivity contribution in [3.05, 3.63) is 41.2 Å². The van der Waals surface area contributed by atoms with Crippen LogP contribution in [0.2, 0.25) is 5.02 Å². The van der Waals surface area contributed by atoms with Crippen molar-refractivity contribution >= 4 is 21.6 Å². The normalized spacial score (nSPS) is 17.9. The average molecular weight is 569 g/mol. The van der Waals surface area contributed by atoms with Crippen LogP contribution < -0.4 is 14.4 Å². The van der Waals surface area contributed by atoms with Gasteiger partial charge >= 0.3 is 0 Å². The van der Waals surface area contributed by atoms with E-state index in [-0.39, 0.29) is 36.2 Å². The number of halogens is 1. The highest BCUT2D eigenvalue weighted by Crippen LogP contribution is 2.41. The Bertz CT molecular complexity index is 1350. The molecule has 3 aromatic rings.